The van der Waals surface area contributed by atoms with Crippen molar-refractivity contribution in [3.63, 3.8) is 0 Å². The Morgan fingerprint density at radius 3 is 2.67 bits per heavy atom. The number of alkyl carbamates (subject to hydrolysis) is 1. The molecule has 0 unspecified atom stereocenters. The molecule has 1 N–H and O–H groups in total. The van der Waals surface area contributed by atoms with Crippen LogP contribution in [-0.4, -0.2) is 31.3 Å². The molecule has 2 fully saturated rings. The third-order valence-corrected chi connectivity index (χ3v) is 5.04. The Bertz CT molecular complexity index is 575. The smallest absolute Gasteiger partial charge is 0.407 e. The predicted octanol–water partition coefficient (Wildman–Crippen LogP) is 4.31. The largest absolute Gasteiger partial charge is 0.444 e. The molecule has 1 aromatic carbocycles. The highest BCUT2D eigenvalue weighted by Gasteiger charge is 2.28. The van der Waals surface area contributed by atoms with E-state index in [9.17, 15) is 4.79 Å². The highest BCUT2D eigenvalue weighted by molar-refractivity contribution is 5.67. The molecule has 1 saturated carbocycles. The molecule has 1 amide bonds. The fourth-order valence-electron chi connectivity index (χ4n) is 3.60. The Labute approximate surface area is 145 Å². The van der Waals surface area contributed by atoms with E-state index >= 15 is 0 Å². The number of rotatable bonds is 4. The second-order valence-electron chi connectivity index (χ2n) is 8.17. The van der Waals surface area contributed by atoms with Crippen LogP contribution in [0.2, 0.25) is 0 Å². The first-order valence-electron chi connectivity index (χ1n) is 9.23. The third-order valence-electron chi connectivity index (χ3n) is 5.04. The molecule has 0 bridgehead atoms. The molecule has 1 aliphatic heterocycles. The molecule has 0 spiro atoms. The Kier molecular flexibility index (Phi) is 5.02. The van der Waals surface area contributed by atoms with E-state index < -0.39 is 5.60 Å². The van der Waals surface area contributed by atoms with E-state index in [0.717, 1.165) is 25.4 Å². The predicted molar refractivity (Wildman–Crippen MR) is 97.6 cm³/mol. The van der Waals surface area contributed by atoms with Gasteiger partial charge in [-0.1, -0.05) is 24.6 Å². The van der Waals surface area contributed by atoms with Gasteiger partial charge in [-0.25, -0.2) is 4.79 Å². The van der Waals surface area contributed by atoms with Crippen LogP contribution in [0, 0.1) is 5.92 Å². The summed E-state index contributed by atoms with van der Waals surface area (Å²) in [6.07, 6.45) is 4.83. The molecule has 4 nitrogen and oxygen atoms in total. The molecule has 3 rings (SSSR count). The minimum Gasteiger partial charge on any atom is -0.444 e. The molecular weight excluding hydrogens is 300 g/mol. The van der Waals surface area contributed by atoms with Crippen molar-refractivity contribution in [2.24, 2.45) is 5.92 Å². The summed E-state index contributed by atoms with van der Waals surface area (Å²) in [4.78, 5) is 14.3. The third kappa shape index (κ3) is 4.22. The van der Waals surface area contributed by atoms with Gasteiger partial charge < -0.3 is 15.0 Å². The lowest BCUT2D eigenvalue weighted by Crippen LogP contribution is -2.36. The first-order chi connectivity index (χ1) is 11.4. The number of carbonyl (C=O) groups is 1. The van der Waals surface area contributed by atoms with Gasteiger partial charge in [-0.15, -0.1) is 0 Å². The van der Waals surface area contributed by atoms with Crippen molar-refractivity contribution in [1.29, 1.82) is 0 Å². The van der Waals surface area contributed by atoms with E-state index in [-0.39, 0.29) is 6.09 Å². The maximum absolute atomic E-state index is 11.8. The van der Waals surface area contributed by atoms with E-state index in [1.807, 2.05) is 20.8 Å². The topological polar surface area (TPSA) is 41.6 Å². The number of hydrogen-bond donors (Lipinski definition) is 1. The molecule has 1 aliphatic carbocycles. The summed E-state index contributed by atoms with van der Waals surface area (Å²) in [5, 5.41) is 2.93. The molecule has 1 aromatic rings. The lowest BCUT2D eigenvalue weighted by Gasteiger charge is -2.31. The molecule has 1 heterocycles. The number of amides is 1. The van der Waals surface area contributed by atoms with Gasteiger partial charge in [-0.05, 0) is 63.5 Å². The van der Waals surface area contributed by atoms with Crippen molar-refractivity contribution < 1.29 is 9.53 Å². The van der Waals surface area contributed by atoms with Crippen LogP contribution in [0.4, 0.5) is 10.5 Å². The van der Waals surface area contributed by atoms with E-state index in [2.05, 4.69) is 34.5 Å². The monoisotopic (exact) mass is 330 g/mol. The molecular formula is C20H30N2O2. The fourth-order valence-corrected chi connectivity index (χ4v) is 3.60. The van der Waals surface area contributed by atoms with E-state index in [1.54, 1.807) is 0 Å². The summed E-state index contributed by atoms with van der Waals surface area (Å²) in [6.45, 7) is 8.45. The zero-order valence-electron chi connectivity index (χ0n) is 15.2. The SMILES string of the molecule is CC(C)(C)OC(=O)NC[C@@H]1CCN(c2ccccc2C2CCC2)C1. The summed E-state index contributed by atoms with van der Waals surface area (Å²) in [5.41, 5.74) is 2.49. The van der Waals surface area contributed by atoms with Crippen molar-refractivity contribution in [2.75, 3.05) is 24.5 Å². The Hall–Kier alpha value is -1.71. The molecule has 4 heteroatoms. The standard InChI is InChI=1S/C20H30N2O2/c1-20(2,3)24-19(23)21-13-15-11-12-22(14-15)18-10-5-4-9-17(18)16-7-6-8-16/h4-5,9-10,15-16H,6-8,11-14H2,1-3H3,(H,21,23)/t15-/m0/s1. The van der Waals surface area contributed by atoms with Crippen molar-refractivity contribution in [2.45, 2.75) is 58.0 Å². The summed E-state index contributed by atoms with van der Waals surface area (Å²) >= 11 is 0. The number of hydrogen-bond acceptors (Lipinski definition) is 3. The minimum atomic E-state index is -0.437. The van der Waals surface area contributed by atoms with Crippen molar-refractivity contribution >= 4 is 11.8 Å². The fraction of sp³-hybridized carbons (Fsp3) is 0.650. The number of anilines is 1. The van der Waals surface area contributed by atoms with Crippen LogP contribution in [0.5, 0.6) is 0 Å². The van der Waals surface area contributed by atoms with E-state index in [1.165, 1.54) is 30.5 Å². The summed E-state index contributed by atoms with van der Waals surface area (Å²) in [6, 6.07) is 8.86. The number of benzene rings is 1. The van der Waals surface area contributed by atoms with Gasteiger partial charge in [0.05, 0.1) is 0 Å². The lowest BCUT2D eigenvalue weighted by molar-refractivity contribution is 0.0520. The van der Waals surface area contributed by atoms with Crippen LogP contribution in [0.3, 0.4) is 0 Å². The minimum absolute atomic E-state index is 0.309. The maximum atomic E-state index is 11.8. The molecule has 0 aromatic heterocycles. The average Bonchev–Trinajstić information content (AvgIpc) is 2.91. The molecule has 1 atom stereocenters. The summed E-state index contributed by atoms with van der Waals surface area (Å²) in [5.74, 6) is 1.24. The van der Waals surface area contributed by atoms with Crippen LogP contribution >= 0.6 is 0 Å². The van der Waals surface area contributed by atoms with Crippen molar-refractivity contribution in [1.82, 2.24) is 5.32 Å². The van der Waals surface area contributed by atoms with Gasteiger partial charge in [0.2, 0.25) is 0 Å². The van der Waals surface area contributed by atoms with Gasteiger partial charge in [0, 0.05) is 25.3 Å². The number of nitrogens with zero attached hydrogens (tertiary/aromatic N) is 1. The average molecular weight is 330 g/mol. The van der Waals surface area contributed by atoms with Gasteiger partial charge in [0.1, 0.15) is 5.60 Å². The van der Waals surface area contributed by atoms with Gasteiger partial charge in [0.15, 0.2) is 0 Å². The molecule has 24 heavy (non-hydrogen) atoms. The quantitative estimate of drug-likeness (QED) is 0.894. The van der Waals surface area contributed by atoms with E-state index in [0.29, 0.717) is 12.5 Å². The first-order valence-corrected chi connectivity index (χ1v) is 9.23. The van der Waals surface area contributed by atoms with Crippen LogP contribution < -0.4 is 10.2 Å². The number of nitrogens with one attached hydrogen (secondary N) is 1. The number of ether oxygens (including phenoxy) is 1. The van der Waals surface area contributed by atoms with Gasteiger partial charge in [-0.2, -0.15) is 0 Å². The molecule has 1 saturated heterocycles. The van der Waals surface area contributed by atoms with Gasteiger partial charge >= 0.3 is 6.09 Å². The highest BCUT2D eigenvalue weighted by atomic mass is 16.6. The van der Waals surface area contributed by atoms with Gasteiger partial charge in [0.25, 0.3) is 0 Å². The molecule has 2 aliphatic rings. The summed E-state index contributed by atoms with van der Waals surface area (Å²) in [7, 11) is 0. The number of carbonyl (C=O) groups excluding carboxylic acids is 1. The Morgan fingerprint density at radius 1 is 1.25 bits per heavy atom. The number of para-hydroxylation sites is 1. The van der Waals surface area contributed by atoms with Gasteiger partial charge in [-0.3, -0.25) is 0 Å². The van der Waals surface area contributed by atoms with Crippen LogP contribution in [0.1, 0.15) is 57.9 Å². The summed E-state index contributed by atoms with van der Waals surface area (Å²) < 4.78 is 5.32. The van der Waals surface area contributed by atoms with Crippen LogP contribution in [0.15, 0.2) is 24.3 Å². The zero-order valence-corrected chi connectivity index (χ0v) is 15.2. The molecule has 0 radical (unpaired) electrons. The first kappa shape index (κ1) is 17.1. The van der Waals surface area contributed by atoms with Crippen molar-refractivity contribution in [3.8, 4) is 0 Å². The maximum Gasteiger partial charge on any atom is 0.407 e. The normalized spacial score (nSPS) is 21.5. The second kappa shape index (κ2) is 7.04. The zero-order chi connectivity index (χ0) is 17.2. The van der Waals surface area contributed by atoms with Crippen LogP contribution in [0.25, 0.3) is 0 Å². The second-order valence-corrected chi connectivity index (χ2v) is 8.17. The van der Waals surface area contributed by atoms with Crippen LogP contribution in [-0.2, 0) is 4.74 Å². The molecule has 132 valence electrons. The van der Waals surface area contributed by atoms with Crippen molar-refractivity contribution in [3.05, 3.63) is 29.8 Å². The Balaban J connectivity index is 1.53. The Morgan fingerprint density at radius 2 is 2.00 bits per heavy atom. The lowest BCUT2D eigenvalue weighted by atomic mass is 9.79. The van der Waals surface area contributed by atoms with E-state index in [4.69, 9.17) is 4.74 Å². The highest BCUT2D eigenvalue weighted by Crippen LogP contribution is 2.41.